The van der Waals surface area contributed by atoms with E-state index in [4.69, 9.17) is 0 Å². The van der Waals surface area contributed by atoms with Crippen molar-refractivity contribution in [2.45, 2.75) is 52.0 Å². The lowest BCUT2D eigenvalue weighted by molar-refractivity contribution is 0.0922. The van der Waals surface area contributed by atoms with Crippen molar-refractivity contribution in [1.29, 1.82) is 0 Å². The fraction of sp³-hybridized carbons (Fsp3) is 0.450. The first-order chi connectivity index (χ1) is 12.2. The average molecular weight is 338 g/mol. The first kappa shape index (κ1) is 17.4. The van der Waals surface area contributed by atoms with E-state index in [1.807, 2.05) is 37.3 Å². The summed E-state index contributed by atoms with van der Waals surface area (Å²) in [7, 11) is 0. The van der Waals surface area contributed by atoms with Crippen molar-refractivity contribution >= 4 is 17.4 Å². The van der Waals surface area contributed by atoms with Gasteiger partial charge in [0.25, 0.3) is 5.91 Å². The molecule has 0 saturated heterocycles. The van der Waals surface area contributed by atoms with Gasteiger partial charge in [0.15, 0.2) is 0 Å². The van der Waals surface area contributed by atoms with Crippen LogP contribution in [0.15, 0.2) is 36.4 Å². The quantitative estimate of drug-likeness (QED) is 0.895. The van der Waals surface area contributed by atoms with Gasteiger partial charge in [0, 0.05) is 24.3 Å². The van der Waals surface area contributed by atoms with Gasteiger partial charge in [-0.25, -0.2) is 9.97 Å². The summed E-state index contributed by atoms with van der Waals surface area (Å²) < 4.78 is 0. The van der Waals surface area contributed by atoms with Crippen LogP contribution in [0, 0.1) is 6.92 Å². The smallest absolute Gasteiger partial charge is 0.270 e. The predicted molar refractivity (Wildman–Crippen MR) is 100 cm³/mol. The molecular formula is C20H26N4O. The lowest BCUT2D eigenvalue weighted by Gasteiger charge is -2.24. The molecule has 1 aliphatic rings. The zero-order valence-corrected chi connectivity index (χ0v) is 15.0. The Bertz CT molecular complexity index is 711. The Morgan fingerprint density at radius 2 is 1.88 bits per heavy atom. The van der Waals surface area contributed by atoms with Crippen molar-refractivity contribution in [2.24, 2.45) is 0 Å². The SMILES string of the molecule is CCN(c1ccccc1)c1cc(C(=O)NC2CCCCC2)nc(C)n1. The monoisotopic (exact) mass is 338 g/mol. The van der Waals surface area contributed by atoms with Gasteiger partial charge in [-0.15, -0.1) is 0 Å². The Morgan fingerprint density at radius 3 is 2.56 bits per heavy atom. The van der Waals surface area contributed by atoms with Crippen molar-refractivity contribution in [3.63, 3.8) is 0 Å². The van der Waals surface area contributed by atoms with Gasteiger partial charge in [0.05, 0.1) is 0 Å². The maximum absolute atomic E-state index is 12.6. The van der Waals surface area contributed by atoms with Crippen LogP contribution in [0.5, 0.6) is 0 Å². The van der Waals surface area contributed by atoms with Crippen LogP contribution in [0.1, 0.15) is 55.3 Å². The van der Waals surface area contributed by atoms with E-state index in [0.29, 0.717) is 11.5 Å². The molecule has 25 heavy (non-hydrogen) atoms. The second-order valence-corrected chi connectivity index (χ2v) is 6.55. The largest absolute Gasteiger partial charge is 0.348 e. The van der Waals surface area contributed by atoms with Crippen LogP contribution in [0.2, 0.25) is 0 Å². The fourth-order valence-corrected chi connectivity index (χ4v) is 3.40. The fourth-order valence-electron chi connectivity index (χ4n) is 3.40. The van der Waals surface area contributed by atoms with Crippen LogP contribution in [-0.2, 0) is 0 Å². The van der Waals surface area contributed by atoms with E-state index < -0.39 is 0 Å². The van der Waals surface area contributed by atoms with Gasteiger partial charge >= 0.3 is 0 Å². The highest BCUT2D eigenvalue weighted by Gasteiger charge is 2.19. The number of amides is 1. The lowest BCUT2D eigenvalue weighted by atomic mass is 9.95. The molecule has 132 valence electrons. The number of nitrogens with zero attached hydrogens (tertiary/aromatic N) is 3. The number of anilines is 2. The highest BCUT2D eigenvalue weighted by molar-refractivity contribution is 5.93. The number of benzene rings is 1. The molecule has 1 heterocycles. The molecule has 0 unspecified atom stereocenters. The predicted octanol–water partition coefficient (Wildman–Crippen LogP) is 4.01. The minimum Gasteiger partial charge on any atom is -0.348 e. The van der Waals surface area contributed by atoms with E-state index in [9.17, 15) is 4.79 Å². The number of aryl methyl sites for hydroxylation is 1. The van der Waals surface area contributed by atoms with Crippen LogP contribution in [0.4, 0.5) is 11.5 Å². The normalized spacial score (nSPS) is 15.0. The van der Waals surface area contributed by atoms with E-state index in [2.05, 4.69) is 27.1 Å². The number of hydrogen-bond donors (Lipinski definition) is 1. The van der Waals surface area contributed by atoms with E-state index in [1.165, 1.54) is 19.3 Å². The summed E-state index contributed by atoms with van der Waals surface area (Å²) in [6, 6.07) is 12.2. The van der Waals surface area contributed by atoms with Gasteiger partial charge in [-0.3, -0.25) is 4.79 Å². The molecule has 1 saturated carbocycles. The Labute approximate surface area is 149 Å². The molecule has 0 bridgehead atoms. The maximum atomic E-state index is 12.6. The van der Waals surface area contributed by atoms with Gasteiger partial charge in [0.1, 0.15) is 17.3 Å². The Balaban J connectivity index is 1.83. The highest BCUT2D eigenvalue weighted by atomic mass is 16.1. The van der Waals surface area contributed by atoms with Gasteiger partial charge in [-0.1, -0.05) is 37.5 Å². The first-order valence-electron chi connectivity index (χ1n) is 9.16. The van der Waals surface area contributed by atoms with Crippen LogP contribution in [-0.4, -0.2) is 28.5 Å². The van der Waals surface area contributed by atoms with Crippen LogP contribution in [0.3, 0.4) is 0 Å². The second kappa shape index (κ2) is 8.10. The maximum Gasteiger partial charge on any atom is 0.270 e. The lowest BCUT2D eigenvalue weighted by Crippen LogP contribution is -2.36. The highest BCUT2D eigenvalue weighted by Crippen LogP contribution is 2.24. The van der Waals surface area contributed by atoms with E-state index >= 15 is 0 Å². The molecule has 2 aromatic rings. The number of para-hydroxylation sites is 1. The molecule has 1 amide bonds. The molecule has 0 atom stereocenters. The summed E-state index contributed by atoms with van der Waals surface area (Å²) in [5.74, 6) is 1.28. The molecule has 0 aliphatic heterocycles. The van der Waals surface area contributed by atoms with E-state index in [-0.39, 0.29) is 11.9 Å². The summed E-state index contributed by atoms with van der Waals surface area (Å²) in [6.07, 6.45) is 5.78. The van der Waals surface area contributed by atoms with Crippen LogP contribution in [0.25, 0.3) is 0 Å². The topological polar surface area (TPSA) is 58.1 Å². The standard InChI is InChI=1S/C20H26N4O/c1-3-24(17-12-8-5-9-13-17)19-14-18(21-15(2)22-19)20(25)23-16-10-6-4-7-11-16/h5,8-9,12-14,16H,3-4,6-7,10-11H2,1-2H3,(H,23,25). The van der Waals surface area contributed by atoms with Crippen molar-refractivity contribution in [3.05, 3.63) is 47.9 Å². The molecular weight excluding hydrogens is 312 g/mol. The molecule has 0 spiro atoms. The third-order valence-corrected chi connectivity index (χ3v) is 4.66. The Hall–Kier alpha value is -2.43. The van der Waals surface area contributed by atoms with Gasteiger partial charge in [-0.2, -0.15) is 0 Å². The second-order valence-electron chi connectivity index (χ2n) is 6.55. The number of aromatic nitrogens is 2. The number of rotatable bonds is 5. The summed E-state index contributed by atoms with van der Waals surface area (Å²) in [5, 5.41) is 3.14. The zero-order valence-electron chi connectivity index (χ0n) is 15.0. The zero-order chi connectivity index (χ0) is 17.6. The van der Waals surface area contributed by atoms with Crippen molar-refractivity contribution in [2.75, 3.05) is 11.4 Å². The Kier molecular flexibility index (Phi) is 5.64. The van der Waals surface area contributed by atoms with Gasteiger partial charge in [0.2, 0.25) is 0 Å². The molecule has 0 radical (unpaired) electrons. The third-order valence-electron chi connectivity index (χ3n) is 4.66. The van der Waals surface area contributed by atoms with E-state index in [0.717, 1.165) is 30.9 Å². The summed E-state index contributed by atoms with van der Waals surface area (Å²) >= 11 is 0. The Morgan fingerprint density at radius 1 is 1.16 bits per heavy atom. The number of hydrogen-bond acceptors (Lipinski definition) is 4. The number of carbonyl (C=O) groups is 1. The van der Waals surface area contributed by atoms with Crippen LogP contribution < -0.4 is 10.2 Å². The number of nitrogens with one attached hydrogen (secondary N) is 1. The first-order valence-corrected chi connectivity index (χ1v) is 9.16. The molecule has 1 fully saturated rings. The molecule has 1 aromatic heterocycles. The number of carbonyl (C=O) groups excluding carboxylic acids is 1. The average Bonchev–Trinajstić information content (AvgIpc) is 2.64. The van der Waals surface area contributed by atoms with Gasteiger partial charge < -0.3 is 10.2 Å². The third kappa shape index (κ3) is 4.35. The van der Waals surface area contributed by atoms with E-state index in [1.54, 1.807) is 6.07 Å². The van der Waals surface area contributed by atoms with Crippen molar-refractivity contribution in [3.8, 4) is 0 Å². The molecule has 1 aromatic carbocycles. The molecule has 1 N–H and O–H groups in total. The summed E-state index contributed by atoms with van der Waals surface area (Å²) in [4.78, 5) is 23.6. The van der Waals surface area contributed by atoms with Crippen molar-refractivity contribution in [1.82, 2.24) is 15.3 Å². The molecule has 3 rings (SSSR count). The van der Waals surface area contributed by atoms with Crippen LogP contribution >= 0.6 is 0 Å². The van der Waals surface area contributed by atoms with Crippen molar-refractivity contribution < 1.29 is 4.79 Å². The minimum absolute atomic E-state index is 0.0947. The summed E-state index contributed by atoms with van der Waals surface area (Å²) in [5.41, 5.74) is 1.50. The summed E-state index contributed by atoms with van der Waals surface area (Å²) in [6.45, 7) is 4.68. The minimum atomic E-state index is -0.0947. The molecule has 5 heteroatoms. The molecule has 1 aliphatic carbocycles. The molecule has 5 nitrogen and oxygen atoms in total. The van der Waals surface area contributed by atoms with Gasteiger partial charge in [-0.05, 0) is 38.8 Å².